The number of azo groups is 1. The molecule has 0 unspecified atom stereocenters. The van der Waals surface area contributed by atoms with Crippen molar-refractivity contribution in [2.45, 2.75) is 4.90 Å². The summed E-state index contributed by atoms with van der Waals surface area (Å²) >= 11 is 6.43. The van der Waals surface area contributed by atoms with Gasteiger partial charge in [-0.1, -0.05) is 42.2 Å². The molecule has 64 valence electrons. The summed E-state index contributed by atoms with van der Waals surface area (Å²) in [5.41, 5.74) is 0. The van der Waals surface area contributed by atoms with E-state index in [1.807, 2.05) is 30.3 Å². The summed E-state index contributed by atoms with van der Waals surface area (Å²) in [5, 5.41) is 8.53. The number of thioether (sulfide) groups is 1. The molecule has 0 N–H and O–H groups in total. The molecule has 0 atom stereocenters. The summed E-state index contributed by atoms with van der Waals surface area (Å²) in [4.78, 5) is 1.70. The highest BCUT2D eigenvalue weighted by molar-refractivity contribution is 8.03. The molecule has 4 heteroatoms. The van der Waals surface area contributed by atoms with Gasteiger partial charge in [-0.25, -0.2) is 0 Å². The lowest BCUT2D eigenvalue weighted by Gasteiger charge is -1.95. The van der Waals surface area contributed by atoms with Crippen molar-refractivity contribution in [3.8, 4) is 0 Å². The summed E-state index contributed by atoms with van der Waals surface area (Å²) in [6, 6.07) is 10.0. The van der Waals surface area contributed by atoms with Crippen molar-refractivity contribution < 1.29 is 0 Å². The Balaban J connectivity index is 2.12. The van der Waals surface area contributed by atoms with Gasteiger partial charge in [0.2, 0.25) is 0 Å². The van der Waals surface area contributed by atoms with Crippen LogP contribution >= 0.6 is 24.0 Å². The summed E-state index contributed by atoms with van der Waals surface area (Å²) in [6.45, 7) is 0. The van der Waals surface area contributed by atoms with Crippen molar-refractivity contribution in [2.24, 2.45) is 10.2 Å². The normalized spacial score (nSPS) is 14.8. The maximum Gasteiger partial charge on any atom is 0.151 e. The minimum absolute atomic E-state index is 0.554. The molecule has 0 saturated heterocycles. The molecule has 13 heavy (non-hydrogen) atoms. The lowest BCUT2D eigenvalue weighted by atomic mass is 10.4. The number of hydrogen-bond donors (Lipinski definition) is 0. The van der Waals surface area contributed by atoms with Gasteiger partial charge in [0.25, 0.3) is 0 Å². The van der Waals surface area contributed by atoms with Gasteiger partial charge in [-0.05, 0) is 12.1 Å². The maximum atomic E-state index is 4.86. The Labute approximate surface area is 85.8 Å². The highest BCUT2D eigenvalue weighted by Crippen LogP contribution is 2.29. The first-order chi connectivity index (χ1) is 6.34. The number of benzene rings is 1. The van der Waals surface area contributed by atoms with Crippen LogP contribution in [0.15, 0.2) is 56.6 Å². The lowest BCUT2D eigenvalue weighted by Crippen LogP contribution is -1.73. The molecular weight excluding hydrogens is 200 g/mol. The van der Waals surface area contributed by atoms with E-state index >= 15 is 0 Å². The van der Waals surface area contributed by atoms with Crippen LogP contribution in [0.5, 0.6) is 0 Å². The molecule has 0 radical (unpaired) electrons. The number of nitrogens with zero attached hydrogens (tertiary/aromatic N) is 2. The minimum atomic E-state index is 0.554. The van der Waals surface area contributed by atoms with Crippen LogP contribution in [0.3, 0.4) is 0 Å². The first-order valence-corrected chi connectivity index (χ1v) is 4.97. The van der Waals surface area contributed by atoms with Crippen LogP contribution in [0.4, 0.5) is 0 Å². The van der Waals surface area contributed by atoms with Gasteiger partial charge in [0.05, 0.1) is 0 Å². The molecule has 0 spiro atoms. The van der Waals surface area contributed by atoms with Crippen LogP contribution in [0, 0.1) is 0 Å². The van der Waals surface area contributed by atoms with Crippen LogP contribution in [-0.4, -0.2) is 4.99 Å². The molecule has 2 nitrogen and oxygen atoms in total. The van der Waals surface area contributed by atoms with E-state index in [1.165, 1.54) is 0 Å². The van der Waals surface area contributed by atoms with Gasteiger partial charge in [0, 0.05) is 11.0 Å². The SMILES string of the molecule is S=C1C=C(Sc2ccccc2)N=N1. The van der Waals surface area contributed by atoms with Crippen molar-refractivity contribution in [2.75, 3.05) is 0 Å². The van der Waals surface area contributed by atoms with Crippen molar-refractivity contribution in [3.05, 3.63) is 41.4 Å². The third-order valence-electron chi connectivity index (χ3n) is 1.46. The zero-order valence-corrected chi connectivity index (χ0v) is 8.31. The van der Waals surface area contributed by atoms with E-state index in [0.29, 0.717) is 4.99 Å². The molecule has 0 fully saturated rings. The van der Waals surface area contributed by atoms with Crippen molar-refractivity contribution in [1.82, 2.24) is 0 Å². The molecule has 0 aliphatic carbocycles. The van der Waals surface area contributed by atoms with Crippen LogP contribution in [0.1, 0.15) is 0 Å². The Kier molecular flexibility index (Phi) is 2.52. The minimum Gasteiger partial charge on any atom is -0.142 e. The monoisotopic (exact) mass is 206 g/mol. The second-order valence-corrected chi connectivity index (χ2v) is 3.95. The first-order valence-electron chi connectivity index (χ1n) is 3.75. The predicted octanol–water partition coefficient (Wildman–Crippen LogP) is 3.41. The van der Waals surface area contributed by atoms with Crippen LogP contribution in [0.25, 0.3) is 0 Å². The van der Waals surface area contributed by atoms with Crippen LogP contribution < -0.4 is 0 Å². The van der Waals surface area contributed by atoms with Gasteiger partial charge in [-0.2, -0.15) is 0 Å². The van der Waals surface area contributed by atoms with E-state index < -0.39 is 0 Å². The third kappa shape index (κ3) is 2.23. The van der Waals surface area contributed by atoms with Crippen molar-refractivity contribution in [1.29, 1.82) is 0 Å². The molecule has 0 saturated carbocycles. The van der Waals surface area contributed by atoms with Gasteiger partial charge in [-0.15, -0.1) is 10.2 Å². The van der Waals surface area contributed by atoms with Crippen molar-refractivity contribution in [3.63, 3.8) is 0 Å². The standard InChI is InChI=1S/C9H6N2S2/c12-8-6-9(11-10-8)13-7-4-2-1-3-5-7/h1-6H. The Bertz CT molecular complexity index is 382. The summed E-state index contributed by atoms with van der Waals surface area (Å²) in [7, 11) is 0. The summed E-state index contributed by atoms with van der Waals surface area (Å²) < 4.78 is 0. The average molecular weight is 206 g/mol. The fourth-order valence-electron chi connectivity index (χ4n) is 0.921. The molecule has 1 aliphatic heterocycles. The van der Waals surface area contributed by atoms with E-state index in [4.69, 9.17) is 12.2 Å². The Hall–Kier alpha value is -1.00. The van der Waals surface area contributed by atoms with Gasteiger partial charge in [-0.3, -0.25) is 0 Å². The van der Waals surface area contributed by atoms with Gasteiger partial charge >= 0.3 is 0 Å². The predicted molar refractivity (Wildman–Crippen MR) is 57.8 cm³/mol. The van der Waals surface area contributed by atoms with Crippen molar-refractivity contribution >= 4 is 29.0 Å². The molecule has 1 aliphatic rings. The molecule has 1 heterocycles. The number of thiocarbonyl (C=S) groups is 1. The average Bonchev–Trinajstić information content (AvgIpc) is 2.53. The molecule has 0 aromatic heterocycles. The molecule has 1 aromatic rings. The highest BCUT2D eigenvalue weighted by atomic mass is 32.2. The summed E-state index contributed by atoms with van der Waals surface area (Å²) in [6.07, 6.45) is 1.80. The van der Waals surface area contributed by atoms with E-state index in [2.05, 4.69) is 10.2 Å². The smallest absolute Gasteiger partial charge is 0.142 e. The van der Waals surface area contributed by atoms with Crippen LogP contribution in [-0.2, 0) is 0 Å². The van der Waals surface area contributed by atoms with E-state index in [1.54, 1.807) is 17.8 Å². The number of rotatable bonds is 2. The molecule has 1 aromatic carbocycles. The van der Waals surface area contributed by atoms with Crippen LogP contribution in [0.2, 0.25) is 0 Å². The second kappa shape index (κ2) is 3.81. The maximum absolute atomic E-state index is 4.86. The van der Waals surface area contributed by atoms with E-state index in [-0.39, 0.29) is 0 Å². The molecule has 2 rings (SSSR count). The zero-order chi connectivity index (χ0) is 9.10. The molecule has 0 amide bonds. The Morgan fingerprint density at radius 3 is 2.46 bits per heavy atom. The molecular formula is C9H6N2S2. The lowest BCUT2D eigenvalue weighted by molar-refractivity contribution is 1.31. The fraction of sp³-hybridized carbons (Fsp3) is 0. The highest BCUT2D eigenvalue weighted by Gasteiger charge is 2.06. The summed E-state index contributed by atoms with van der Waals surface area (Å²) in [5.74, 6) is 0. The van der Waals surface area contributed by atoms with Gasteiger partial charge in [0.1, 0.15) is 5.03 Å². The largest absolute Gasteiger partial charge is 0.151 e. The molecule has 0 bridgehead atoms. The number of hydrogen-bond acceptors (Lipinski definition) is 3. The van der Waals surface area contributed by atoms with Gasteiger partial charge < -0.3 is 0 Å². The topological polar surface area (TPSA) is 24.7 Å². The van der Waals surface area contributed by atoms with E-state index in [9.17, 15) is 0 Å². The van der Waals surface area contributed by atoms with Gasteiger partial charge in [0.15, 0.2) is 4.99 Å². The Morgan fingerprint density at radius 2 is 1.85 bits per heavy atom. The van der Waals surface area contributed by atoms with E-state index in [0.717, 1.165) is 9.92 Å². The fourth-order valence-corrected chi connectivity index (χ4v) is 1.94. The first kappa shape index (κ1) is 8.59. The Morgan fingerprint density at radius 1 is 1.08 bits per heavy atom. The third-order valence-corrected chi connectivity index (χ3v) is 2.58. The zero-order valence-electron chi connectivity index (χ0n) is 6.68. The second-order valence-electron chi connectivity index (χ2n) is 2.44. The quantitative estimate of drug-likeness (QED) is 0.693.